The molecule has 2 aromatic carbocycles. The van der Waals surface area contributed by atoms with Crippen molar-refractivity contribution in [2.24, 2.45) is 0 Å². The molecule has 6 nitrogen and oxygen atoms in total. The maximum absolute atomic E-state index is 12.4. The summed E-state index contributed by atoms with van der Waals surface area (Å²) in [5, 5.41) is 12.2. The number of pyridine rings is 1. The average Bonchev–Trinajstić information content (AvgIpc) is 2.81. The minimum Gasteiger partial charge on any atom is -0.496 e. The molecule has 0 atom stereocenters. The van der Waals surface area contributed by atoms with Gasteiger partial charge in [0.1, 0.15) is 29.7 Å². The van der Waals surface area contributed by atoms with Crippen LogP contribution in [-0.4, -0.2) is 18.0 Å². The minimum absolute atomic E-state index is 0.00114. The van der Waals surface area contributed by atoms with Gasteiger partial charge in [0.05, 0.1) is 23.8 Å². The first-order valence-electron chi connectivity index (χ1n) is 9.45. The Morgan fingerprint density at radius 2 is 1.97 bits per heavy atom. The SMILES string of the molecule is COc1ccc(/C=C(\C#N)C(=O)NCc2ccccn2)cc1COc1ccccc1Br. The molecule has 31 heavy (non-hydrogen) atoms. The van der Waals surface area contributed by atoms with E-state index in [9.17, 15) is 10.1 Å². The van der Waals surface area contributed by atoms with Crippen LogP contribution in [0.3, 0.4) is 0 Å². The highest BCUT2D eigenvalue weighted by Gasteiger charge is 2.11. The van der Waals surface area contributed by atoms with Crippen LogP contribution in [0.1, 0.15) is 16.8 Å². The number of methoxy groups -OCH3 is 1. The number of para-hydroxylation sites is 1. The standard InChI is InChI=1S/C24H20BrN3O3/c1-30-22-10-9-17(13-19(22)16-31-23-8-3-2-7-21(23)25)12-18(14-26)24(29)28-15-20-6-4-5-11-27-20/h2-13H,15-16H2,1H3,(H,28,29)/b18-12+. The zero-order valence-corrected chi connectivity index (χ0v) is 18.4. The molecule has 3 rings (SSSR count). The van der Waals surface area contributed by atoms with Gasteiger partial charge in [-0.3, -0.25) is 9.78 Å². The van der Waals surface area contributed by atoms with E-state index in [4.69, 9.17) is 9.47 Å². The summed E-state index contributed by atoms with van der Waals surface area (Å²) in [4.78, 5) is 16.6. The number of carbonyl (C=O) groups is 1. The molecular formula is C24H20BrN3O3. The summed E-state index contributed by atoms with van der Waals surface area (Å²) in [5.74, 6) is 0.898. The lowest BCUT2D eigenvalue weighted by Crippen LogP contribution is -2.24. The zero-order valence-electron chi connectivity index (χ0n) is 16.8. The van der Waals surface area contributed by atoms with Crippen LogP contribution in [0.4, 0.5) is 0 Å². The van der Waals surface area contributed by atoms with Crippen molar-refractivity contribution in [2.75, 3.05) is 7.11 Å². The summed E-state index contributed by atoms with van der Waals surface area (Å²) in [6, 6.07) is 20.4. The number of nitriles is 1. The minimum atomic E-state index is -0.463. The van der Waals surface area contributed by atoms with Crippen molar-refractivity contribution < 1.29 is 14.3 Å². The van der Waals surface area contributed by atoms with E-state index in [0.29, 0.717) is 22.8 Å². The van der Waals surface area contributed by atoms with Crippen molar-refractivity contribution in [2.45, 2.75) is 13.2 Å². The molecule has 1 heterocycles. The molecule has 0 fully saturated rings. The molecule has 0 bridgehead atoms. The lowest BCUT2D eigenvalue weighted by atomic mass is 10.1. The number of benzene rings is 2. The first-order chi connectivity index (χ1) is 15.1. The van der Waals surface area contributed by atoms with Crippen LogP contribution in [0, 0.1) is 11.3 Å². The van der Waals surface area contributed by atoms with Gasteiger partial charge in [-0.1, -0.05) is 24.3 Å². The third-order valence-electron chi connectivity index (χ3n) is 4.36. The van der Waals surface area contributed by atoms with E-state index in [-0.39, 0.29) is 18.7 Å². The molecule has 1 amide bonds. The quantitative estimate of drug-likeness (QED) is 0.376. The zero-order chi connectivity index (χ0) is 22.1. The highest BCUT2D eigenvalue weighted by Crippen LogP contribution is 2.27. The molecule has 0 saturated carbocycles. The smallest absolute Gasteiger partial charge is 0.262 e. The van der Waals surface area contributed by atoms with Gasteiger partial charge < -0.3 is 14.8 Å². The largest absolute Gasteiger partial charge is 0.496 e. The van der Waals surface area contributed by atoms with Crippen LogP contribution in [0.15, 0.2) is 76.9 Å². The van der Waals surface area contributed by atoms with Gasteiger partial charge in [-0.25, -0.2) is 0 Å². The van der Waals surface area contributed by atoms with E-state index >= 15 is 0 Å². The molecule has 0 aliphatic heterocycles. The van der Waals surface area contributed by atoms with Crippen LogP contribution >= 0.6 is 15.9 Å². The van der Waals surface area contributed by atoms with Crippen molar-refractivity contribution in [1.29, 1.82) is 5.26 Å². The van der Waals surface area contributed by atoms with Crippen molar-refractivity contribution in [3.63, 3.8) is 0 Å². The second kappa shape index (κ2) is 11.0. The van der Waals surface area contributed by atoms with Gasteiger partial charge in [0.2, 0.25) is 0 Å². The highest BCUT2D eigenvalue weighted by molar-refractivity contribution is 9.10. The van der Waals surface area contributed by atoms with Crippen LogP contribution in [0.2, 0.25) is 0 Å². The van der Waals surface area contributed by atoms with Crippen molar-refractivity contribution in [3.05, 3.63) is 93.7 Å². The molecule has 0 aliphatic carbocycles. The number of ether oxygens (including phenoxy) is 2. The third kappa shape index (κ3) is 6.17. The van der Waals surface area contributed by atoms with Gasteiger partial charge in [0.25, 0.3) is 5.91 Å². The topological polar surface area (TPSA) is 84.2 Å². The van der Waals surface area contributed by atoms with Gasteiger partial charge >= 0.3 is 0 Å². The van der Waals surface area contributed by atoms with E-state index in [1.165, 1.54) is 6.08 Å². The molecule has 1 N–H and O–H groups in total. The predicted octanol–water partition coefficient (Wildman–Crippen LogP) is 4.66. The monoisotopic (exact) mass is 477 g/mol. The van der Waals surface area contributed by atoms with E-state index in [0.717, 1.165) is 10.0 Å². The number of carbonyl (C=O) groups excluding carboxylic acids is 1. The Bertz CT molecular complexity index is 1120. The summed E-state index contributed by atoms with van der Waals surface area (Å²) in [6.07, 6.45) is 3.19. The maximum Gasteiger partial charge on any atom is 0.262 e. The van der Waals surface area contributed by atoms with E-state index < -0.39 is 5.91 Å². The number of nitrogens with one attached hydrogen (secondary N) is 1. The van der Waals surface area contributed by atoms with Gasteiger partial charge in [-0.15, -0.1) is 0 Å². The Hall–Kier alpha value is -3.63. The Labute approximate surface area is 189 Å². The fourth-order valence-electron chi connectivity index (χ4n) is 2.80. The Kier molecular flexibility index (Phi) is 7.79. The molecule has 0 aliphatic rings. The molecule has 1 aromatic heterocycles. The Balaban J connectivity index is 1.75. The fourth-order valence-corrected chi connectivity index (χ4v) is 3.20. The summed E-state index contributed by atoms with van der Waals surface area (Å²) in [6.45, 7) is 0.508. The van der Waals surface area contributed by atoms with Crippen molar-refractivity contribution in [1.82, 2.24) is 10.3 Å². The number of amides is 1. The number of aromatic nitrogens is 1. The normalized spacial score (nSPS) is 10.8. The molecule has 3 aromatic rings. The van der Waals surface area contributed by atoms with Crippen molar-refractivity contribution >= 4 is 27.9 Å². The summed E-state index contributed by atoms with van der Waals surface area (Å²) in [7, 11) is 1.58. The highest BCUT2D eigenvalue weighted by atomic mass is 79.9. The van der Waals surface area contributed by atoms with Gasteiger partial charge in [-0.05, 0) is 64.0 Å². The van der Waals surface area contributed by atoms with Crippen LogP contribution < -0.4 is 14.8 Å². The summed E-state index contributed by atoms with van der Waals surface area (Å²) < 4.78 is 12.2. The number of halogens is 1. The Morgan fingerprint density at radius 3 is 2.68 bits per heavy atom. The van der Waals surface area contributed by atoms with Crippen LogP contribution in [0.5, 0.6) is 11.5 Å². The average molecular weight is 478 g/mol. The van der Waals surface area contributed by atoms with Crippen molar-refractivity contribution in [3.8, 4) is 17.6 Å². The summed E-state index contributed by atoms with van der Waals surface area (Å²) in [5.41, 5.74) is 2.19. The van der Waals surface area contributed by atoms with Gasteiger partial charge in [-0.2, -0.15) is 5.26 Å². The molecule has 0 radical (unpaired) electrons. The van der Waals surface area contributed by atoms with Gasteiger partial charge in [0.15, 0.2) is 0 Å². The maximum atomic E-state index is 12.4. The molecular weight excluding hydrogens is 458 g/mol. The predicted molar refractivity (Wildman–Crippen MR) is 121 cm³/mol. The first-order valence-corrected chi connectivity index (χ1v) is 10.2. The Morgan fingerprint density at radius 1 is 1.16 bits per heavy atom. The third-order valence-corrected chi connectivity index (χ3v) is 5.01. The number of nitrogens with zero attached hydrogens (tertiary/aromatic N) is 2. The number of hydrogen-bond donors (Lipinski definition) is 1. The van der Waals surface area contributed by atoms with Crippen LogP contribution in [-0.2, 0) is 17.9 Å². The second-order valence-electron chi connectivity index (χ2n) is 6.46. The molecule has 0 saturated heterocycles. The molecule has 0 unspecified atom stereocenters. The number of hydrogen-bond acceptors (Lipinski definition) is 5. The number of rotatable bonds is 8. The van der Waals surface area contributed by atoms with Crippen LogP contribution in [0.25, 0.3) is 6.08 Å². The molecule has 7 heteroatoms. The lowest BCUT2D eigenvalue weighted by Gasteiger charge is -2.12. The fraction of sp³-hybridized carbons (Fsp3) is 0.125. The molecule has 0 spiro atoms. The van der Waals surface area contributed by atoms with E-state index in [2.05, 4.69) is 26.2 Å². The van der Waals surface area contributed by atoms with E-state index in [1.807, 2.05) is 42.5 Å². The van der Waals surface area contributed by atoms with Gasteiger partial charge in [0, 0.05) is 11.8 Å². The lowest BCUT2D eigenvalue weighted by molar-refractivity contribution is -0.117. The van der Waals surface area contributed by atoms with E-state index in [1.54, 1.807) is 37.6 Å². The molecule has 156 valence electrons. The summed E-state index contributed by atoms with van der Waals surface area (Å²) >= 11 is 3.46. The second-order valence-corrected chi connectivity index (χ2v) is 7.32. The first kappa shape index (κ1) is 22.1.